The smallest absolute Gasteiger partial charge is 0.242 e. The van der Waals surface area contributed by atoms with E-state index in [1.165, 1.54) is 0 Å². The quantitative estimate of drug-likeness (QED) is 0.902. The normalized spacial score (nSPS) is 12.0. The van der Waals surface area contributed by atoms with Crippen LogP contribution in [-0.4, -0.2) is 23.0 Å². The Morgan fingerprint density at radius 1 is 1.29 bits per heavy atom. The van der Waals surface area contributed by atoms with Crippen LogP contribution in [0.15, 0.2) is 30.3 Å². The summed E-state index contributed by atoms with van der Waals surface area (Å²) in [6, 6.07) is 11.1. The molecular weight excluding hydrogens is 264 g/mol. The van der Waals surface area contributed by atoms with Gasteiger partial charge in [-0.05, 0) is 32.9 Å². The third kappa shape index (κ3) is 3.48. The average Bonchev–Trinajstić information content (AvgIpc) is 2.45. The van der Waals surface area contributed by atoms with E-state index < -0.39 is 6.04 Å². The van der Waals surface area contributed by atoms with Crippen molar-refractivity contribution in [1.82, 2.24) is 10.3 Å². The molecule has 5 heteroatoms. The third-order valence-corrected chi connectivity index (χ3v) is 3.02. The summed E-state index contributed by atoms with van der Waals surface area (Å²) in [5.74, 6) is 0.312. The van der Waals surface area contributed by atoms with Gasteiger partial charge in [-0.3, -0.25) is 4.79 Å². The Bertz CT molecular complexity index is 703. The van der Waals surface area contributed by atoms with Gasteiger partial charge in [0.2, 0.25) is 5.91 Å². The largest absolute Gasteiger partial charge is 0.358 e. The Morgan fingerprint density at radius 2 is 2.00 bits per heavy atom. The second-order valence-corrected chi connectivity index (χ2v) is 5.22. The molecule has 1 aromatic heterocycles. The lowest BCUT2D eigenvalue weighted by atomic mass is 10.1. The summed E-state index contributed by atoms with van der Waals surface area (Å²) >= 11 is 0. The second kappa shape index (κ2) is 6.23. The molecule has 108 valence electrons. The van der Waals surface area contributed by atoms with E-state index in [1.54, 1.807) is 13.0 Å². The standard InChI is InChI=1S/C16H18N4O/c1-10(2)18-16(21)11(3)19-15-13(9-17)8-12-6-4-5-7-14(12)20-15/h4-8,10-11H,1-3H3,(H,18,21)(H,19,20). The second-order valence-electron chi connectivity index (χ2n) is 5.22. The molecule has 1 amide bonds. The van der Waals surface area contributed by atoms with Gasteiger partial charge in [0.15, 0.2) is 0 Å². The van der Waals surface area contributed by atoms with Crippen molar-refractivity contribution in [3.8, 4) is 6.07 Å². The monoisotopic (exact) mass is 282 g/mol. The number of amides is 1. The molecular formula is C16H18N4O. The third-order valence-electron chi connectivity index (χ3n) is 3.02. The molecule has 0 radical (unpaired) electrons. The first-order chi connectivity index (χ1) is 10.0. The summed E-state index contributed by atoms with van der Waals surface area (Å²) < 4.78 is 0. The van der Waals surface area contributed by atoms with Crippen molar-refractivity contribution in [1.29, 1.82) is 5.26 Å². The van der Waals surface area contributed by atoms with Crippen LogP contribution in [-0.2, 0) is 4.79 Å². The lowest BCUT2D eigenvalue weighted by molar-refractivity contribution is -0.122. The highest BCUT2D eigenvalue weighted by Crippen LogP contribution is 2.20. The van der Waals surface area contributed by atoms with Gasteiger partial charge >= 0.3 is 0 Å². The van der Waals surface area contributed by atoms with Gasteiger partial charge in [0, 0.05) is 11.4 Å². The first-order valence-corrected chi connectivity index (χ1v) is 6.88. The van der Waals surface area contributed by atoms with Gasteiger partial charge in [-0.2, -0.15) is 5.26 Å². The number of carbonyl (C=O) groups excluding carboxylic acids is 1. The minimum absolute atomic E-state index is 0.0711. The van der Waals surface area contributed by atoms with Crippen molar-refractivity contribution in [3.63, 3.8) is 0 Å². The molecule has 1 unspecified atom stereocenters. The minimum atomic E-state index is -0.465. The van der Waals surface area contributed by atoms with Gasteiger partial charge in [-0.25, -0.2) is 4.98 Å². The highest BCUT2D eigenvalue weighted by Gasteiger charge is 2.16. The molecule has 2 N–H and O–H groups in total. The van der Waals surface area contributed by atoms with E-state index in [9.17, 15) is 10.1 Å². The number of anilines is 1. The molecule has 0 bridgehead atoms. The van der Waals surface area contributed by atoms with Crippen LogP contribution in [0.25, 0.3) is 10.9 Å². The van der Waals surface area contributed by atoms with E-state index in [1.807, 2.05) is 38.1 Å². The molecule has 0 fully saturated rings. The number of hydrogen-bond acceptors (Lipinski definition) is 4. The Morgan fingerprint density at radius 3 is 2.67 bits per heavy atom. The molecule has 0 spiro atoms. The Labute approximate surface area is 124 Å². The van der Waals surface area contributed by atoms with Gasteiger partial charge in [0.05, 0.1) is 11.1 Å². The molecule has 0 aliphatic heterocycles. The maximum absolute atomic E-state index is 11.9. The Kier molecular flexibility index (Phi) is 4.39. The number of hydrogen-bond donors (Lipinski definition) is 2. The average molecular weight is 282 g/mol. The topological polar surface area (TPSA) is 77.8 Å². The van der Waals surface area contributed by atoms with Crippen molar-refractivity contribution in [2.24, 2.45) is 0 Å². The first-order valence-electron chi connectivity index (χ1n) is 6.88. The van der Waals surface area contributed by atoms with Gasteiger partial charge in [0.1, 0.15) is 17.9 Å². The van der Waals surface area contributed by atoms with E-state index in [2.05, 4.69) is 21.7 Å². The molecule has 1 aromatic carbocycles. The van der Waals surface area contributed by atoms with Gasteiger partial charge in [-0.15, -0.1) is 0 Å². The van der Waals surface area contributed by atoms with Gasteiger partial charge in [0.25, 0.3) is 0 Å². The van der Waals surface area contributed by atoms with Crippen LogP contribution in [0.1, 0.15) is 26.3 Å². The van der Waals surface area contributed by atoms with Crippen molar-refractivity contribution < 1.29 is 4.79 Å². The van der Waals surface area contributed by atoms with Crippen LogP contribution in [0, 0.1) is 11.3 Å². The molecule has 1 atom stereocenters. The zero-order valence-electron chi connectivity index (χ0n) is 12.3. The van der Waals surface area contributed by atoms with Crippen LogP contribution in [0.5, 0.6) is 0 Å². The molecule has 2 aromatic rings. The van der Waals surface area contributed by atoms with Crippen LogP contribution in [0.4, 0.5) is 5.82 Å². The number of nitrogens with one attached hydrogen (secondary N) is 2. The lowest BCUT2D eigenvalue weighted by Gasteiger charge is -2.17. The number of carbonyl (C=O) groups is 1. The van der Waals surface area contributed by atoms with Crippen LogP contribution < -0.4 is 10.6 Å². The molecule has 2 rings (SSSR count). The maximum atomic E-state index is 11.9. The zero-order chi connectivity index (χ0) is 15.4. The first kappa shape index (κ1) is 14.8. The van der Waals surface area contributed by atoms with Crippen molar-refractivity contribution >= 4 is 22.6 Å². The lowest BCUT2D eigenvalue weighted by Crippen LogP contribution is -2.41. The fourth-order valence-electron chi connectivity index (χ4n) is 1.99. The highest BCUT2D eigenvalue weighted by atomic mass is 16.2. The van der Waals surface area contributed by atoms with E-state index in [-0.39, 0.29) is 11.9 Å². The van der Waals surface area contributed by atoms with E-state index in [0.29, 0.717) is 11.4 Å². The molecule has 0 aliphatic carbocycles. The SMILES string of the molecule is CC(C)NC(=O)C(C)Nc1nc2ccccc2cc1C#N. The summed E-state index contributed by atoms with van der Waals surface area (Å²) in [6.45, 7) is 5.55. The predicted molar refractivity (Wildman–Crippen MR) is 82.8 cm³/mol. The summed E-state index contributed by atoms with van der Waals surface area (Å²) in [6.07, 6.45) is 0. The highest BCUT2D eigenvalue weighted by molar-refractivity contribution is 5.86. The van der Waals surface area contributed by atoms with Crippen molar-refractivity contribution in [3.05, 3.63) is 35.9 Å². The van der Waals surface area contributed by atoms with Crippen LogP contribution in [0.2, 0.25) is 0 Å². The Hall–Kier alpha value is -2.61. The molecule has 21 heavy (non-hydrogen) atoms. The van der Waals surface area contributed by atoms with E-state index >= 15 is 0 Å². The van der Waals surface area contributed by atoms with Crippen LogP contribution in [0.3, 0.4) is 0 Å². The predicted octanol–water partition coefficient (Wildman–Crippen LogP) is 2.43. The van der Waals surface area contributed by atoms with Crippen LogP contribution >= 0.6 is 0 Å². The molecule has 0 saturated carbocycles. The van der Waals surface area contributed by atoms with E-state index in [4.69, 9.17) is 0 Å². The maximum Gasteiger partial charge on any atom is 0.242 e. The fourth-order valence-corrected chi connectivity index (χ4v) is 1.99. The summed E-state index contributed by atoms with van der Waals surface area (Å²) in [5, 5.41) is 16.0. The summed E-state index contributed by atoms with van der Waals surface area (Å²) in [5.41, 5.74) is 1.22. The fraction of sp³-hybridized carbons (Fsp3) is 0.312. The number of aromatic nitrogens is 1. The summed E-state index contributed by atoms with van der Waals surface area (Å²) in [4.78, 5) is 16.4. The molecule has 5 nitrogen and oxygen atoms in total. The van der Waals surface area contributed by atoms with Crippen molar-refractivity contribution in [2.45, 2.75) is 32.9 Å². The number of nitriles is 1. The number of para-hydroxylation sites is 1. The number of pyridine rings is 1. The number of fused-ring (bicyclic) bond motifs is 1. The number of nitrogens with zero attached hydrogens (tertiary/aromatic N) is 2. The van der Waals surface area contributed by atoms with Gasteiger partial charge < -0.3 is 10.6 Å². The van der Waals surface area contributed by atoms with E-state index in [0.717, 1.165) is 10.9 Å². The molecule has 0 aliphatic rings. The minimum Gasteiger partial charge on any atom is -0.358 e. The number of benzene rings is 1. The number of rotatable bonds is 4. The summed E-state index contributed by atoms with van der Waals surface area (Å²) in [7, 11) is 0. The van der Waals surface area contributed by atoms with Crippen molar-refractivity contribution in [2.75, 3.05) is 5.32 Å². The Balaban J connectivity index is 2.29. The zero-order valence-corrected chi connectivity index (χ0v) is 12.3. The molecule has 0 saturated heterocycles. The molecule has 1 heterocycles. The van der Waals surface area contributed by atoms with Gasteiger partial charge in [-0.1, -0.05) is 18.2 Å².